The fourth-order valence-electron chi connectivity index (χ4n) is 3.07. The molecular formula is C21H37IN4O4S. The first kappa shape index (κ1) is 27.9. The molecule has 8 nitrogen and oxygen atoms in total. The molecule has 1 aliphatic heterocycles. The standard InChI is InChI=1S/C21H36N4O4S.HI/c1-4-22-21(24-18(2)9-16-30(3,26)27)23-17-19-7-5-6-8-20(19)29-15-12-25-10-13-28-14-11-25;/h5-8,18H,4,9-17H2,1-3H3,(H2,22,23,24);1H. The van der Waals surface area contributed by atoms with Crippen molar-refractivity contribution in [1.29, 1.82) is 0 Å². The molecule has 1 aliphatic rings. The van der Waals surface area contributed by atoms with E-state index in [2.05, 4.69) is 20.5 Å². The summed E-state index contributed by atoms with van der Waals surface area (Å²) in [6, 6.07) is 7.93. The Morgan fingerprint density at radius 3 is 2.68 bits per heavy atom. The second kappa shape index (κ2) is 14.9. The number of halogens is 1. The van der Waals surface area contributed by atoms with Gasteiger partial charge in [-0.1, -0.05) is 18.2 Å². The number of hydrogen-bond donors (Lipinski definition) is 2. The van der Waals surface area contributed by atoms with Gasteiger partial charge in [0.05, 0.1) is 25.5 Å². The lowest BCUT2D eigenvalue weighted by Crippen LogP contribution is -2.42. The Bertz CT molecular complexity index is 770. The maximum Gasteiger partial charge on any atom is 0.191 e. The number of ether oxygens (including phenoxy) is 2. The van der Waals surface area contributed by atoms with Gasteiger partial charge in [-0.2, -0.15) is 0 Å². The predicted molar refractivity (Wildman–Crippen MR) is 136 cm³/mol. The van der Waals surface area contributed by atoms with Gasteiger partial charge in [-0.3, -0.25) is 4.90 Å². The second-order valence-corrected chi connectivity index (χ2v) is 9.83. The molecule has 1 atom stereocenters. The van der Waals surface area contributed by atoms with E-state index in [1.54, 1.807) is 0 Å². The van der Waals surface area contributed by atoms with Crippen LogP contribution in [0, 0.1) is 0 Å². The lowest BCUT2D eigenvalue weighted by molar-refractivity contribution is 0.0322. The van der Waals surface area contributed by atoms with Crippen molar-refractivity contribution in [2.45, 2.75) is 32.9 Å². The summed E-state index contributed by atoms with van der Waals surface area (Å²) in [5, 5.41) is 6.50. The van der Waals surface area contributed by atoms with Crippen LogP contribution in [0.3, 0.4) is 0 Å². The Labute approximate surface area is 204 Å². The lowest BCUT2D eigenvalue weighted by atomic mass is 10.2. The number of rotatable bonds is 11. The number of benzene rings is 1. The van der Waals surface area contributed by atoms with Crippen LogP contribution in [-0.4, -0.2) is 83.3 Å². The molecule has 1 aromatic rings. The number of hydrogen-bond acceptors (Lipinski definition) is 6. The number of aliphatic imine (C=N–C) groups is 1. The molecule has 0 aromatic heterocycles. The maximum absolute atomic E-state index is 11.4. The number of sulfone groups is 1. The zero-order valence-corrected chi connectivity index (χ0v) is 21.9. The first-order valence-corrected chi connectivity index (χ1v) is 12.7. The van der Waals surface area contributed by atoms with Crippen LogP contribution in [0.2, 0.25) is 0 Å². The molecule has 0 radical (unpaired) electrons. The largest absolute Gasteiger partial charge is 0.492 e. The predicted octanol–water partition coefficient (Wildman–Crippen LogP) is 1.89. The van der Waals surface area contributed by atoms with Gasteiger partial charge in [-0.05, 0) is 26.3 Å². The molecule has 0 amide bonds. The number of morpholine rings is 1. The van der Waals surface area contributed by atoms with Gasteiger partial charge in [0, 0.05) is 44.0 Å². The Balaban J connectivity index is 0.00000480. The molecule has 1 aromatic carbocycles. The molecule has 1 fully saturated rings. The van der Waals surface area contributed by atoms with Gasteiger partial charge >= 0.3 is 0 Å². The zero-order valence-electron chi connectivity index (χ0n) is 18.8. The highest BCUT2D eigenvalue weighted by Crippen LogP contribution is 2.19. The molecule has 1 saturated heterocycles. The summed E-state index contributed by atoms with van der Waals surface area (Å²) in [5.41, 5.74) is 1.01. The minimum absolute atomic E-state index is 0. The third kappa shape index (κ3) is 11.9. The number of nitrogens with one attached hydrogen (secondary N) is 2. The van der Waals surface area contributed by atoms with Crippen molar-refractivity contribution in [3.63, 3.8) is 0 Å². The Morgan fingerprint density at radius 1 is 1.29 bits per heavy atom. The highest BCUT2D eigenvalue weighted by Gasteiger charge is 2.12. The fraction of sp³-hybridized carbons (Fsp3) is 0.667. The molecule has 0 saturated carbocycles. The molecule has 2 rings (SSSR count). The van der Waals surface area contributed by atoms with E-state index in [-0.39, 0.29) is 35.8 Å². The van der Waals surface area contributed by atoms with Crippen molar-refractivity contribution in [3.05, 3.63) is 29.8 Å². The van der Waals surface area contributed by atoms with Crippen LogP contribution in [0.1, 0.15) is 25.8 Å². The van der Waals surface area contributed by atoms with Gasteiger partial charge < -0.3 is 20.1 Å². The van der Waals surface area contributed by atoms with E-state index in [1.807, 2.05) is 38.1 Å². The van der Waals surface area contributed by atoms with Crippen LogP contribution in [-0.2, 0) is 21.1 Å². The first-order chi connectivity index (χ1) is 14.4. The normalized spacial score (nSPS) is 16.3. The van der Waals surface area contributed by atoms with Gasteiger partial charge in [-0.25, -0.2) is 13.4 Å². The quantitative estimate of drug-likeness (QED) is 0.239. The maximum atomic E-state index is 11.4. The van der Waals surface area contributed by atoms with Gasteiger partial charge in [0.15, 0.2) is 5.96 Å². The average molecular weight is 569 g/mol. The molecule has 31 heavy (non-hydrogen) atoms. The zero-order chi connectivity index (χ0) is 21.8. The minimum Gasteiger partial charge on any atom is -0.492 e. The first-order valence-electron chi connectivity index (χ1n) is 10.6. The van der Waals surface area contributed by atoms with Gasteiger partial charge in [0.2, 0.25) is 0 Å². The van der Waals surface area contributed by atoms with Crippen molar-refractivity contribution < 1.29 is 17.9 Å². The van der Waals surface area contributed by atoms with Crippen molar-refractivity contribution in [2.75, 3.05) is 58.0 Å². The molecule has 10 heteroatoms. The van der Waals surface area contributed by atoms with Crippen LogP contribution in [0.25, 0.3) is 0 Å². The molecule has 0 bridgehead atoms. The molecule has 2 N–H and O–H groups in total. The fourth-order valence-corrected chi connectivity index (χ4v) is 3.85. The van der Waals surface area contributed by atoms with E-state index in [9.17, 15) is 8.42 Å². The van der Waals surface area contributed by atoms with E-state index in [0.717, 1.165) is 50.7 Å². The Kier molecular flexibility index (Phi) is 13.4. The molecule has 1 heterocycles. The third-order valence-corrected chi connectivity index (χ3v) is 5.78. The van der Waals surface area contributed by atoms with Gasteiger partial charge in [-0.15, -0.1) is 24.0 Å². The number of guanidine groups is 1. The van der Waals surface area contributed by atoms with Crippen molar-refractivity contribution >= 4 is 39.8 Å². The molecule has 0 aliphatic carbocycles. The summed E-state index contributed by atoms with van der Waals surface area (Å²) in [6.07, 6.45) is 1.79. The molecule has 178 valence electrons. The van der Waals surface area contributed by atoms with E-state index < -0.39 is 9.84 Å². The van der Waals surface area contributed by atoms with E-state index in [0.29, 0.717) is 25.5 Å². The van der Waals surface area contributed by atoms with E-state index in [4.69, 9.17) is 9.47 Å². The number of para-hydroxylation sites is 1. The monoisotopic (exact) mass is 568 g/mol. The summed E-state index contributed by atoms with van der Waals surface area (Å²) < 4.78 is 34.2. The van der Waals surface area contributed by atoms with Crippen molar-refractivity contribution in [1.82, 2.24) is 15.5 Å². The summed E-state index contributed by atoms with van der Waals surface area (Å²) in [7, 11) is -2.97. The second-order valence-electron chi connectivity index (χ2n) is 7.57. The van der Waals surface area contributed by atoms with Crippen LogP contribution < -0.4 is 15.4 Å². The molecule has 1 unspecified atom stereocenters. The van der Waals surface area contributed by atoms with E-state index in [1.165, 1.54) is 6.26 Å². The summed E-state index contributed by atoms with van der Waals surface area (Å²) in [4.78, 5) is 7.01. The average Bonchev–Trinajstić information content (AvgIpc) is 2.72. The van der Waals surface area contributed by atoms with Gasteiger partial charge in [0.1, 0.15) is 22.2 Å². The van der Waals surface area contributed by atoms with Gasteiger partial charge in [0.25, 0.3) is 0 Å². The van der Waals surface area contributed by atoms with Crippen LogP contribution >= 0.6 is 24.0 Å². The molecular weight excluding hydrogens is 531 g/mol. The highest BCUT2D eigenvalue weighted by molar-refractivity contribution is 14.0. The smallest absolute Gasteiger partial charge is 0.191 e. The SMILES string of the molecule is CCNC(=NCc1ccccc1OCCN1CCOCC1)NC(C)CCS(C)(=O)=O.I. The Morgan fingerprint density at radius 2 is 2.00 bits per heavy atom. The lowest BCUT2D eigenvalue weighted by Gasteiger charge is -2.26. The highest BCUT2D eigenvalue weighted by atomic mass is 127. The minimum atomic E-state index is -2.97. The van der Waals surface area contributed by atoms with Crippen LogP contribution in [0.4, 0.5) is 0 Å². The summed E-state index contributed by atoms with van der Waals surface area (Å²) in [5.74, 6) is 1.66. The Hall–Kier alpha value is -1.11. The number of nitrogens with zero attached hydrogens (tertiary/aromatic N) is 2. The summed E-state index contributed by atoms with van der Waals surface area (Å²) in [6.45, 7) is 10.1. The summed E-state index contributed by atoms with van der Waals surface area (Å²) >= 11 is 0. The van der Waals surface area contributed by atoms with Crippen LogP contribution in [0.15, 0.2) is 29.3 Å². The molecule has 0 spiro atoms. The van der Waals surface area contributed by atoms with Crippen LogP contribution in [0.5, 0.6) is 5.75 Å². The van der Waals surface area contributed by atoms with Crippen molar-refractivity contribution in [3.8, 4) is 5.75 Å². The van der Waals surface area contributed by atoms with Crippen molar-refractivity contribution in [2.24, 2.45) is 4.99 Å². The topological polar surface area (TPSA) is 92.3 Å². The van der Waals surface area contributed by atoms with E-state index >= 15 is 0 Å². The third-order valence-electron chi connectivity index (χ3n) is 4.80.